The second kappa shape index (κ2) is 8.72. The zero-order valence-corrected chi connectivity index (χ0v) is 14.4. The molecule has 0 saturated carbocycles. The lowest BCUT2D eigenvalue weighted by Gasteiger charge is -2.18. The number of H-pyrrole nitrogens is 1. The molecule has 8 nitrogen and oxygen atoms in total. The van der Waals surface area contributed by atoms with Gasteiger partial charge in [0.25, 0.3) is 5.56 Å². The molecule has 2 unspecified atom stereocenters. The summed E-state index contributed by atoms with van der Waals surface area (Å²) in [6.45, 7) is -0.155. The van der Waals surface area contributed by atoms with Crippen LogP contribution in [0.3, 0.4) is 0 Å². The number of hydrogen-bond donors (Lipinski definition) is 3. The second-order valence-corrected chi connectivity index (χ2v) is 4.23. The van der Waals surface area contributed by atoms with Gasteiger partial charge in [-0.2, -0.15) is 4.98 Å². The Morgan fingerprint density at radius 2 is 2.32 bits per heavy atom. The number of terminal acetylenes is 1. The van der Waals surface area contributed by atoms with Crippen LogP contribution in [0, 0.1) is 12.3 Å². The van der Waals surface area contributed by atoms with Crippen molar-refractivity contribution in [1.82, 2.24) is 19.5 Å². The molecule has 0 aliphatic heterocycles. The summed E-state index contributed by atoms with van der Waals surface area (Å²) in [7, 11) is 1.49. The number of rotatable bonds is 5. The van der Waals surface area contributed by atoms with Crippen molar-refractivity contribution in [2.45, 2.75) is 18.6 Å². The van der Waals surface area contributed by atoms with E-state index in [1.165, 1.54) is 13.4 Å². The highest BCUT2D eigenvalue weighted by molar-refractivity contribution is 14.1. The third-order valence-electron chi connectivity index (χ3n) is 3.00. The molecule has 2 rings (SSSR count). The molecule has 2 aromatic heterocycles. The zero-order valence-electron chi connectivity index (χ0n) is 12.3. The molecular weight excluding hydrogens is 401 g/mol. The van der Waals surface area contributed by atoms with Crippen LogP contribution in [0.25, 0.3) is 11.2 Å². The smallest absolute Gasteiger partial charge is 0.280 e. The predicted octanol–water partition coefficient (Wildman–Crippen LogP) is 0.325. The molecule has 0 bridgehead atoms. The maximum absolute atomic E-state index is 11.7. The number of nitrogens with two attached hydrogens (primary N) is 1. The van der Waals surface area contributed by atoms with Gasteiger partial charge in [0.05, 0.1) is 25.1 Å². The van der Waals surface area contributed by atoms with E-state index in [-0.39, 0.29) is 18.1 Å². The Hall–Kier alpha value is -1.64. The highest BCUT2D eigenvalue weighted by atomic mass is 127. The highest BCUT2D eigenvalue weighted by Gasteiger charge is 2.19. The number of methoxy groups -OCH3 is 1. The zero-order chi connectivity index (χ0) is 16.7. The Morgan fingerprint density at radius 3 is 2.86 bits per heavy atom. The minimum atomic E-state index is -0.453. The summed E-state index contributed by atoms with van der Waals surface area (Å²) in [6.07, 6.45) is 6.89. The fraction of sp³-hybridized carbons (Fsp3) is 0.462. The Balaban J connectivity index is 0.00000116. The number of ether oxygens (including phenoxy) is 1. The summed E-state index contributed by atoms with van der Waals surface area (Å²) in [4.78, 5) is 24.1. The van der Waals surface area contributed by atoms with Crippen LogP contribution in [0.2, 0.25) is 0 Å². The first-order valence-electron chi connectivity index (χ1n) is 6.30. The van der Waals surface area contributed by atoms with Crippen LogP contribution in [0.15, 0.2) is 11.1 Å². The molecule has 0 amide bonds. The van der Waals surface area contributed by atoms with Crippen molar-refractivity contribution in [3.8, 4) is 12.3 Å². The number of nitrogens with one attached hydrogen (secondary N) is 1. The summed E-state index contributed by atoms with van der Waals surface area (Å²) < 4.78 is 6.67. The molecule has 9 heteroatoms. The van der Waals surface area contributed by atoms with Gasteiger partial charge in [-0.15, -0.1) is 6.42 Å². The number of aromatic amines is 1. The van der Waals surface area contributed by atoms with Crippen LogP contribution in [0.1, 0.15) is 12.5 Å². The van der Waals surface area contributed by atoms with E-state index in [9.17, 15) is 4.79 Å². The molecule has 0 saturated heterocycles. The monoisotopic (exact) mass is 419 g/mol. The Labute approximate surface area is 141 Å². The Kier molecular flexibility index (Phi) is 7.30. The van der Waals surface area contributed by atoms with E-state index in [1.807, 2.05) is 4.93 Å². The fourth-order valence-electron chi connectivity index (χ4n) is 1.93. The summed E-state index contributed by atoms with van der Waals surface area (Å²) in [5, 5.41) is 9.16. The van der Waals surface area contributed by atoms with E-state index in [0.717, 1.165) is 0 Å². The van der Waals surface area contributed by atoms with Crippen LogP contribution in [0.4, 0.5) is 5.95 Å². The van der Waals surface area contributed by atoms with Gasteiger partial charge in [0.15, 0.2) is 11.2 Å². The highest BCUT2D eigenvalue weighted by Crippen LogP contribution is 2.19. The van der Waals surface area contributed by atoms with E-state index in [1.54, 1.807) is 4.57 Å². The summed E-state index contributed by atoms with van der Waals surface area (Å²) in [6, 6.07) is -0.453. The molecule has 0 aromatic carbocycles. The van der Waals surface area contributed by atoms with Crippen molar-refractivity contribution >= 4 is 39.7 Å². The average molecular weight is 419 g/mol. The maximum Gasteiger partial charge on any atom is 0.280 e. The van der Waals surface area contributed by atoms with Gasteiger partial charge in [0.1, 0.15) is 0 Å². The van der Waals surface area contributed by atoms with Crippen molar-refractivity contribution in [3.63, 3.8) is 0 Å². The van der Waals surface area contributed by atoms with Crippen LogP contribution in [0.5, 0.6) is 0 Å². The van der Waals surface area contributed by atoms with Gasteiger partial charge in [0, 0.05) is 13.5 Å². The van der Waals surface area contributed by atoms with E-state index in [4.69, 9.17) is 22.0 Å². The van der Waals surface area contributed by atoms with Crippen molar-refractivity contribution < 1.29 is 9.84 Å². The normalized spacial score (nSPS) is 13.0. The fourth-order valence-corrected chi connectivity index (χ4v) is 1.93. The van der Waals surface area contributed by atoms with E-state index < -0.39 is 17.7 Å². The minimum Gasteiger partial charge on any atom is -0.394 e. The van der Waals surface area contributed by atoms with Gasteiger partial charge in [-0.05, 0) is 4.93 Å². The molecule has 4 N–H and O–H groups in total. The third-order valence-corrected chi connectivity index (χ3v) is 3.00. The number of nitrogens with zero attached hydrogens (tertiary/aromatic N) is 3. The number of nitrogen functional groups attached to an aromatic ring is 1. The first kappa shape index (κ1) is 18.4. The van der Waals surface area contributed by atoms with Crippen molar-refractivity contribution in [2.75, 3.05) is 24.4 Å². The second-order valence-electron chi connectivity index (χ2n) is 4.23. The summed E-state index contributed by atoms with van der Waals surface area (Å²) >= 11 is 2.15. The van der Waals surface area contributed by atoms with E-state index in [2.05, 4.69) is 43.5 Å². The number of alkyl halides is 1. The number of hydrogen-bond acceptors (Lipinski definition) is 6. The molecule has 22 heavy (non-hydrogen) atoms. The van der Waals surface area contributed by atoms with Gasteiger partial charge < -0.3 is 20.1 Å². The molecular formula is C13H18IN5O3. The van der Waals surface area contributed by atoms with E-state index in [0.29, 0.717) is 12.1 Å². The van der Waals surface area contributed by atoms with Gasteiger partial charge in [-0.25, -0.2) is 4.98 Å². The molecule has 2 heterocycles. The molecule has 2 atom stereocenters. The maximum atomic E-state index is 11.7. The van der Waals surface area contributed by atoms with Crippen molar-refractivity contribution in [2.24, 2.45) is 0 Å². The first-order chi connectivity index (χ1) is 10.6. The quantitative estimate of drug-likeness (QED) is 0.365. The molecule has 0 radical (unpaired) electrons. The van der Waals surface area contributed by atoms with Crippen LogP contribution >= 0.6 is 22.6 Å². The van der Waals surface area contributed by atoms with Gasteiger partial charge in [-0.3, -0.25) is 9.78 Å². The number of aliphatic hydroxyl groups is 1. The number of halogens is 1. The minimum absolute atomic E-state index is 0.00882. The lowest BCUT2D eigenvalue weighted by molar-refractivity contribution is 0.0377. The number of aromatic nitrogens is 4. The molecule has 0 spiro atoms. The first-order valence-corrected chi connectivity index (χ1v) is 8.46. The topological polar surface area (TPSA) is 119 Å². The molecule has 120 valence electrons. The van der Waals surface area contributed by atoms with Crippen LogP contribution in [-0.2, 0) is 4.74 Å². The number of aliphatic hydroxyl groups excluding tert-OH is 1. The Bertz CT molecular complexity index is 702. The van der Waals surface area contributed by atoms with Crippen molar-refractivity contribution in [3.05, 3.63) is 16.7 Å². The van der Waals surface area contributed by atoms with Crippen LogP contribution in [-0.4, -0.2) is 49.4 Å². The van der Waals surface area contributed by atoms with Gasteiger partial charge in [0.2, 0.25) is 5.95 Å². The third kappa shape index (κ3) is 3.96. The summed E-state index contributed by atoms with van der Waals surface area (Å²) in [5.74, 6) is 2.56. The molecule has 0 aliphatic carbocycles. The lowest BCUT2D eigenvalue weighted by Crippen LogP contribution is -2.22. The number of imidazole rings is 1. The van der Waals surface area contributed by atoms with Crippen LogP contribution < -0.4 is 11.3 Å². The van der Waals surface area contributed by atoms with Gasteiger partial charge >= 0.3 is 0 Å². The average Bonchev–Trinajstić information content (AvgIpc) is 2.95. The lowest BCUT2D eigenvalue weighted by atomic mass is 10.1. The number of fused-ring (bicyclic) bond motifs is 1. The van der Waals surface area contributed by atoms with Crippen molar-refractivity contribution in [1.29, 1.82) is 0 Å². The standard InChI is InChI=1S/C12H15N5O3.CH3I/c1-3-7(4-8(5-18)20-2)17-6-14-9-10(17)15-12(13)16-11(9)19;1-2/h1,6-8,18H,4-5H2,2H3,(H3,13,15,16,19);1H3. The predicted molar refractivity (Wildman–Crippen MR) is 92.9 cm³/mol. The molecule has 2 aromatic rings. The molecule has 0 aliphatic rings. The van der Waals surface area contributed by atoms with Gasteiger partial charge in [-0.1, -0.05) is 28.5 Å². The largest absolute Gasteiger partial charge is 0.394 e. The summed E-state index contributed by atoms with van der Waals surface area (Å²) in [5.41, 5.74) is 5.57. The number of anilines is 1. The Morgan fingerprint density at radius 1 is 1.64 bits per heavy atom. The molecule has 0 fully saturated rings. The van der Waals surface area contributed by atoms with E-state index >= 15 is 0 Å². The SMILES string of the molecule is C#CC(CC(CO)OC)n1cnc2c(=O)[nH]c(N)nc21.CI.